The number of amides is 1. The number of halogens is 1. The van der Waals surface area contributed by atoms with Crippen molar-refractivity contribution >= 4 is 35.0 Å². The molecule has 136 valence electrons. The molecule has 0 unspecified atom stereocenters. The zero-order valence-electron chi connectivity index (χ0n) is 14.0. The molecular weight excluding hydrogens is 360 g/mol. The van der Waals surface area contributed by atoms with E-state index in [2.05, 4.69) is 5.32 Å². The molecule has 0 radical (unpaired) electrons. The molecule has 0 bridgehead atoms. The number of anilines is 1. The molecule has 0 heterocycles. The highest BCUT2D eigenvalue weighted by molar-refractivity contribution is 6.32. The van der Waals surface area contributed by atoms with Crippen LogP contribution in [0, 0.1) is 10.1 Å². The number of carbonyl (C=O) groups is 1. The maximum Gasteiger partial charge on any atom is 0.276 e. The minimum absolute atomic E-state index is 0.0807. The molecule has 2 aromatic rings. The van der Waals surface area contributed by atoms with Gasteiger partial charge in [0, 0.05) is 19.3 Å². The van der Waals surface area contributed by atoms with E-state index in [-0.39, 0.29) is 12.3 Å². The van der Waals surface area contributed by atoms with Crippen molar-refractivity contribution in [3.05, 3.63) is 69.2 Å². The fourth-order valence-corrected chi connectivity index (χ4v) is 2.34. The average Bonchev–Trinajstić information content (AvgIpc) is 2.62. The molecule has 0 saturated carbocycles. The summed E-state index contributed by atoms with van der Waals surface area (Å²) >= 11 is 6.11. The Morgan fingerprint density at radius 1 is 1.23 bits per heavy atom. The van der Waals surface area contributed by atoms with Crippen LogP contribution in [0.25, 0.3) is 6.08 Å². The molecule has 26 heavy (non-hydrogen) atoms. The fraction of sp³-hybridized carbons (Fsp3) is 0.167. The van der Waals surface area contributed by atoms with Gasteiger partial charge >= 0.3 is 0 Å². The Kier molecular flexibility index (Phi) is 7.13. The first-order chi connectivity index (χ1) is 12.5. The van der Waals surface area contributed by atoms with Crippen LogP contribution in [0.5, 0.6) is 5.75 Å². The second-order valence-electron chi connectivity index (χ2n) is 5.10. The Morgan fingerprint density at radius 3 is 2.73 bits per heavy atom. The van der Waals surface area contributed by atoms with E-state index in [1.807, 2.05) is 0 Å². The Balaban J connectivity index is 2.13. The highest BCUT2D eigenvalue weighted by Crippen LogP contribution is 2.33. The lowest BCUT2D eigenvalue weighted by molar-refractivity contribution is -0.385. The normalized spacial score (nSPS) is 10.7. The smallest absolute Gasteiger partial charge is 0.276 e. The Morgan fingerprint density at radius 2 is 2.00 bits per heavy atom. The average molecular weight is 377 g/mol. The standard InChI is InChI=1S/C18H17ClN2O5/c1-25-11-12-26-18-14(19)6-4-7-15(18)20-17(22)10-9-13-5-2-3-8-16(13)21(23)24/h2-10H,11-12H2,1H3,(H,20,22)/b10-9+. The fourth-order valence-electron chi connectivity index (χ4n) is 2.12. The summed E-state index contributed by atoms with van der Waals surface area (Å²) in [6, 6.07) is 11.1. The SMILES string of the molecule is COCCOc1c(Cl)cccc1NC(=O)/C=C/c1ccccc1[N+](=O)[O-]. The Hall–Kier alpha value is -2.90. The predicted molar refractivity (Wildman–Crippen MR) is 99.6 cm³/mol. The van der Waals surface area contributed by atoms with Gasteiger partial charge in [-0.15, -0.1) is 0 Å². The molecule has 0 spiro atoms. The summed E-state index contributed by atoms with van der Waals surface area (Å²) in [6.07, 6.45) is 2.59. The number of nitrogens with zero attached hydrogens (tertiary/aromatic N) is 1. The Labute approximate surface area is 155 Å². The van der Waals surface area contributed by atoms with E-state index in [1.54, 1.807) is 43.5 Å². The summed E-state index contributed by atoms with van der Waals surface area (Å²) in [5, 5.41) is 14.0. The van der Waals surface area contributed by atoms with Crippen LogP contribution < -0.4 is 10.1 Å². The third-order valence-electron chi connectivity index (χ3n) is 3.31. The minimum atomic E-state index is -0.504. The lowest BCUT2D eigenvalue weighted by Crippen LogP contribution is -2.11. The number of hydrogen-bond acceptors (Lipinski definition) is 5. The first kappa shape index (κ1) is 19.4. The van der Waals surface area contributed by atoms with E-state index < -0.39 is 10.8 Å². The molecule has 0 aliphatic carbocycles. The van der Waals surface area contributed by atoms with Crippen molar-refractivity contribution in [3.63, 3.8) is 0 Å². The van der Waals surface area contributed by atoms with E-state index in [4.69, 9.17) is 21.1 Å². The zero-order chi connectivity index (χ0) is 18.9. The number of nitro groups is 1. The van der Waals surface area contributed by atoms with E-state index >= 15 is 0 Å². The molecule has 1 amide bonds. The van der Waals surface area contributed by atoms with Crippen LogP contribution in [0.4, 0.5) is 11.4 Å². The van der Waals surface area contributed by atoms with Crippen LogP contribution in [-0.4, -0.2) is 31.2 Å². The molecule has 0 atom stereocenters. The number of carbonyl (C=O) groups excluding carboxylic acids is 1. The van der Waals surface area contributed by atoms with Gasteiger partial charge in [0.2, 0.25) is 5.91 Å². The number of nitrogens with one attached hydrogen (secondary N) is 1. The largest absolute Gasteiger partial charge is 0.487 e. The van der Waals surface area contributed by atoms with Crippen molar-refractivity contribution in [2.24, 2.45) is 0 Å². The lowest BCUT2D eigenvalue weighted by atomic mass is 10.1. The summed E-state index contributed by atoms with van der Waals surface area (Å²) in [5.74, 6) is -0.138. The summed E-state index contributed by atoms with van der Waals surface area (Å²) in [6.45, 7) is 0.644. The minimum Gasteiger partial charge on any atom is -0.487 e. The molecule has 2 aromatic carbocycles. The zero-order valence-corrected chi connectivity index (χ0v) is 14.7. The van der Waals surface area contributed by atoms with Crippen LogP contribution in [0.3, 0.4) is 0 Å². The van der Waals surface area contributed by atoms with Crippen LogP contribution >= 0.6 is 11.6 Å². The molecular formula is C18H17ClN2O5. The highest BCUT2D eigenvalue weighted by atomic mass is 35.5. The van der Waals surface area contributed by atoms with E-state index in [0.29, 0.717) is 28.6 Å². The molecule has 0 fully saturated rings. The lowest BCUT2D eigenvalue weighted by Gasteiger charge is -2.13. The molecule has 1 N–H and O–H groups in total. The van der Waals surface area contributed by atoms with Crippen LogP contribution in [0.2, 0.25) is 5.02 Å². The maximum atomic E-state index is 12.2. The monoisotopic (exact) mass is 376 g/mol. The third-order valence-corrected chi connectivity index (χ3v) is 3.60. The van der Waals surface area contributed by atoms with Crippen molar-refractivity contribution in [2.45, 2.75) is 0 Å². The number of benzene rings is 2. The van der Waals surface area contributed by atoms with Gasteiger partial charge in [0.1, 0.15) is 6.61 Å². The van der Waals surface area contributed by atoms with Crippen molar-refractivity contribution in [1.29, 1.82) is 0 Å². The van der Waals surface area contributed by atoms with Crippen LogP contribution in [-0.2, 0) is 9.53 Å². The second kappa shape index (κ2) is 9.55. The van der Waals surface area contributed by atoms with Gasteiger partial charge in [0.15, 0.2) is 5.75 Å². The molecule has 0 saturated heterocycles. The summed E-state index contributed by atoms with van der Waals surface area (Å²) < 4.78 is 10.5. The molecule has 7 nitrogen and oxygen atoms in total. The van der Waals surface area contributed by atoms with Gasteiger partial charge in [-0.25, -0.2) is 0 Å². The number of methoxy groups -OCH3 is 1. The van der Waals surface area contributed by atoms with E-state index in [9.17, 15) is 14.9 Å². The van der Waals surface area contributed by atoms with Gasteiger partial charge in [-0.05, 0) is 24.3 Å². The number of rotatable bonds is 8. The van der Waals surface area contributed by atoms with Crippen LogP contribution in [0.1, 0.15) is 5.56 Å². The van der Waals surface area contributed by atoms with E-state index in [1.165, 1.54) is 18.2 Å². The summed E-state index contributed by atoms with van der Waals surface area (Å²) in [5.41, 5.74) is 0.643. The second-order valence-corrected chi connectivity index (χ2v) is 5.50. The Bertz CT molecular complexity index is 823. The maximum absolute atomic E-state index is 12.2. The third kappa shape index (κ3) is 5.30. The number of ether oxygens (including phenoxy) is 2. The number of para-hydroxylation sites is 2. The topological polar surface area (TPSA) is 90.7 Å². The van der Waals surface area contributed by atoms with Crippen molar-refractivity contribution in [1.82, 2.24) is 0 Å². The summed E-state index contributed by atoms with van der Waals surface area (Å²) in [7, 11) is 1.55. The van der Waals surface area contributed by atoms with Gasteiger partial charge in [-0.2, -0.15) is 0 Å². The van der Waals surface area contributed by atoms with Crippen molar-refractivity contribution < 1.29 is 19.2 Å². The van der Waals surface area contributed by atoms with Gasteiger partial charge < -0.3 is 14.8 Å². The van der Waals surface area contributed by atoms with Gasteiger partial charge in [-0.1, -0.05) is 29.8 Å². The number of hydrogen-bond donors (Lipinski definition) is 1. The predicted octanol–water partition coefficient (Wildman–Crippen LogP) is 3.93. The molecule has 8 heteroatoms. The van der Waals surface area contributed by atoms with Crippen LogP contribution in [0.15, 0.2) is 48.5 Å². The first-order valence-corrected chi connectivity index (χ1v) is 8.03. The van der Waals surface area contributed by atoms with Gasteiger partial charge in [0.25, 0.3) is 5.69 Å². The van der Waals surface area contributed by atoms with Crippen molar-refractivity contribution in [2.75, 3.05) is 25.6 Å². The van der Waals surface area contributed by atoms with Gasteiger partial charge in [-0.3, -0.25) is 14.9 Å². The van der Waals surface area contributed by atoms with Gasteiger partial charge in [0.05, 0.1) is 27.8 Å². The molecule has 0 aliphatic heterocycles. The molecule has 0 aliphatic rings. The highest BCUT2D eigenvalue weighted by Gasteiger charge is 2.12. The number of nitro benzene ring substituents is 1. The molecule has 2 rings (SSSR count). The molecule has 0 aromatic heterocycles. The quantitative estimate of drug-likeness (QED) is 0.326. The first-order valence-electron chi connectivity index (χ1n) is 7.65. The van der Waals surface area contributed by atoms with Crippen molar-refractivity contribution in [3.8, 4) is 5.75 Å². The van der Waals surface area contributed by atoms with E-state index in [0.717, 1.165) is 0 Å². The summed E-state index contributed by atoms with van der Waals surface area (Å²) in [4.78, 5) is 22.7.